The minimum Gasteiger partial charge on any atom is -0.393 e. The lowest BCUT2D eigenvalue weighted by molar-refractivity contribution is 0.0642. The molecule has 3 aliphatic carbocycles. The van der Waals surface area contributed by atoms with Crippen molar-refractivity contribution in [2.75, 3.05) is 0 Å². The Morgan fingerprint density at radius 2 is 1.73 bits per heavy atom. The first-order valence-corrected chi connectivity index (χ1v) is 5.04. The molecule has 3 fully saturated rings. The van der Waals surface area contributed by atoms with Gasteiger partial charge in [0.25, 0.3) is 0 Å². The molecule has 3 rings (SSSR count). The van der Waals surface area contributed by atoms with Crippen LogP contribution in [-0.2, 0) is 0 Å². The fourth-order valence-corrected chi connectivity index (χ4v) is 4.03. The summed E-state index contributed by atoms with van der Waals surface area (Å²) in [5.41, 5.74) is 0. The first kappa shape index (κ1) is 6.47. The van der Waals surface area contributed by atoms with E-state index in [-0.39, 0.29) is 6.10 Å². The summed E-state index contributed by atoms with van der Waals surface area (Å²) < 4.78 is 0. The number of fused-ring (bicyclic) bond motifs is 5. The van der Waals surface area contributed by atoms with Gasteiger partial charge >= 0.3 is 0 Å². The second-order valence-electron chi connectivity index (χ2n) is 4.72. The zero-order valence-electron chi connectivity index (χ0n) is 6.87. The van der Waals surface area contributed by atoms with Crippen LogP contribution in [0.3, 0.4) is 0 Å². The monoisotopic (exact) mass is 152 g/mol. The van der Waals surface area contributed by atoms with Crippen LogP contribution in [0.15, 0.2) is 0 Å². The second-order valence-corrected chi connectivity index (χ2v) is 4.72. The highest BCUT2D eigenvalue weighted by molar-refractivity contribution is 5.02. The van der Waals surface area contributed by atoms with E-state index in [1.807, 2.05) is 0 Å². The molecule has 0 aromatic rings. The van der Waals surface area contributed by atoms with E-state index < -0.39 is 0 Å². The van der Waals surface area contributed by atoms with E-state index in [2.05, 4.69) is 0 Å². The lowest BCUT2D eigenvalue weighted by Crippen LogP contribution is -2.27. The van der Waals surface area contributed by atoms with Crippen molar-refractivity contribution in [3.05, 3.63) is 0 Å². The van der Waals surface area contributed by atoms with E-state index in [0.29, 0.717) is 5.92 Å². The standard InChI is InChI=1S/C10H16O/c11-10-5-6-4-9(10)8-3-1-2-7(6)8/h6-11H,1-5H2/t6-,7+,8-,9+,10+/m1/s1. The van der Waals surface area contributed by atoms with Crippen molar-refractivity contribution in [3.8, 4) is 0 Å². The first-order chi connectivity index (χ1) is 5.36. The molecule has 0 spiro atoms. The number of hydrogen-bond acceptors (Lipinski definition) is 1. The lowest BCUT2D eigenvalue weighted by atomic mass is 9.80. The van der Waals surface area contributed by atoms with Crippen LogP contribution >= 0.6 is 0 Å². The van der Waals surface area contributed by atoms with E-state index in [0.717, 1.165) is 24.2 Å². The molecule has 0 aromatic carbocycles. The number of aliphatic hydroxyl groups is 1. The van der Waals surface area contributed by atoms with Gasteiger partial charge < -0.3 is 5.11 Å². The summed E-state index contributed by atoms with van der Waals surface area (Å²) in [5.74, 6) is 3.60. The molecule has 0 radical (unpaired) electrons. The summed E-state index contributed by atoms with van der Waals surface area (Å²) in [6, 6.07) is 0. The quantitative estimate of drug-likeness (QED) is 0.561. The molecule has 0 saturated heterocycles. The predicted molar refractivity (Wildman–Crippen MR) is 43.1 cm³/mol. The Hall–Kier alpha value is -0.0400. The van der Waals surface area contributed by atoms with Gasteiger partial charge in [0.2, 0.25) is 0 Å². The molecule has 0 unspecified atom stereocenters. The van der Waals surface area contributed by atoms with E-state index in [4.69, 9.17) is 0 Å². The van der Waals surface area contributed by atoms with Gasteiger partial charge in [-0.05, 0) is 49.4 Å². The maximum Gasteiger partial charge on any atom is 0.0574 e. The van der Waals surface area contributed by atoms with Gasteiger partial charge in [-0.3, -0.25) is 0 Å². The Morgan fingerprint density at radius 3 is 2.64 bits per heavy atom. The highest BCUT2D eigenvalue weighted by Gasteiger charge is 2.53. The number of aliphatic hydroxyl groups excluding tert-OH is 1. The Labute approximate surface area is 67.8 Å². The molecule has 3 saturated carbocycles. The summed E-state index contributed by atoms with van der Waals surface area (Å²) in [6.45, 7) is 0. The van der Waals surface area contributed by atoms with Gasteiger partial charge in [-0.2, -0.15) is 0 Å². The lowest BCUT2D eigenvalue weighted by Gasteiger charge is -2.28. The molecule has 1 N–H and O–H groups in total. The van der Waals surface area contributed by atoms with Crippen molar-refractivity contribution in [1.29, 1.82) is 0 Å². The molecule has 3 aliphatic rings. The van der Waals surface area contributed by atoms with Gasteiger partial charge in [0.15, 0.2) is 0 Å². The van der Waals surface area contributed by atoms with Gasteiger partial charge in [-0.1, -0.05) is 6.42 Å². The maximum absolute atomic E-state index is 9.67. The van der Waals surface area contributed by atoms with Gasteiger partial charge in [-0.15, -0.1) is 0 Å². The van der Waals surface area contributed by atoms with Crippen LogP contribution in [0.1, 0.15) is 32.1 Å². The van der Waals surface area contributed by atoms with Crippen molar-refractivity contribution in [2.24, 2.45) is 23.7 Å². The van der Waals surface area contributed by atoms with E-state index in [1.54, 1.807) is 0 Å². The third-order valence-electron chi connectivity index (χ3n) is 4.39. The average Bonchev–Trinajstić information content (AvgIpc) is 2.52. The molecule has 2 bridgehead atoms. The van der Waals surface area contributed by atoms with Crippen molar-refractivity contribution in [1.82, 2.24) is 0 Å². The minimum atomic E-state index is 0.0827. The first-order valence-electron chi connectivity index (χ1n) is 5.04. The Morgan fingerprint density at radius 1 is 0.909 bits per heavy atom. The maximum atomic E-state index is 9.67. The van der Waals surface area contributed by atoms with Crippen molar-refractivity contribution in [2.45, 2.75) is 38.2 Å². The highest BCUT2D eigenvalue weighted by Crippen LogP contribution is 2.58. The Bertz CT molecular complexity index is 178. The van der Waals surface area contributed by atoms with Crippen molar-refractivity contribution < 1.29 is 5.11 Å². The molecule has 1 heteroatoms. The molecule has 62 valence electrons. The van der Waals surface area contributed by atoms with E-state index >= 15 is 0 Å². The molecule has 0 amide bonds. The molecule has 0 aliphatic heterocycles. The van der Waals surface area contributed by atoms with Crippen LogP contribution in [0.2, 0.25) is 0 Å². The van der Waals surface area contributed by atoms with Crippen LogP contribution in [0.5, 0.6) is 0 Å². The van der Waals surface area contributed by atoms with Crippen LogP contribution < -0.4 is 0 Å². The van der Waals surface area contributed by atoms with Crippen LogP contribution in [0, 0.1) is 23.7 Å². The minimum absolute atomic E-state index is 0.0827. The molecule has 0 aromatic heterocycles. The van der Waals surface area contributed by atoms with Gasteiger partial charge in [0.05, 0.1) is 6.10 Å². The second kappa shape index (κ2) is 2.01. The molecule has 1 nitrogen and oxygen atoms in total. The smallest absolute Gasteiger partial charge is 0.0574 e. The Balaban J connectivity index is 1.90. The van der Waals surface area contributed by atoms with E-state index in [9.17, 15) is 5.11 Å². The fourth-order valence-electron chi connectivity index (χ4n) is 4.03. The van der Waals surface area contributed by atoms with E-state index in [1.165, 1.54) is 25.7 Å². The topological polar surface area (TPSA) is 20.2 Å². The fraction of sp³-hybridized carbons (Fsp3) is 1.00. The largest absolute Gasteiger partial charge is 0.393 e. The van der Waals surface area contributed by atoms with Crippen molar-refractivity contribution >= 4 is 0 Å². The summed E-state index contributed by atoms with van der Waals surface area (Å²) in [4.78, 5) is 0. The molecule has 0 heterocycles. The summed E-state index contributed by atoms with van der Waals surface area (Å²) >= 11 is 0. The highest BCUT2D eigenvalue weighted by atomic mass is 16.3. The van der Waals surface area contributed by atoms with Crippen LogP contribution in [0.4, 0.5) is 0 Å². The number of hydrogen-bond donors (Lipinski definition) is 1. The normalized spacial score (nSPS) is 60.3. The Kier molecular flexibility index (Phi) is 1.18. The van der Waals surface area contributed by atoms with Crippen molar-refractivity contribution in [3.63, 3.8) is 0 Å². The third-order valence-corrected chi connectivity index (χ3v) is 4.39. The number of rotatable bonds is 0. The zero-order valence-corrected chi connectivity index (χ0v) is 6.87. The SMILES string of the molecule is O[C@H]1C[C@H]2C[C@H]1[C@@H]1CCC[C@@H]21. The molecular weight excluding hydrogens is 136 g/mol. The third kappa shape index (κ3) is 0.703. The van der Waals surface area contributed by atoms with Gasteiger partial charge in [-0.25, -0.2) is 0 Å². The van der Waals surface area contributed by atoms with Gasteiger partial charge in [0.1, 0.15) is 0 Å². The predicted octanol–water partition coefficient (Wildman–Crippen LogP) is 1.80. The summed E-state index contributed by atoms with van der Waals surface area (Å²) in [6.07, 6.45) is 6.90. The van der Waals surface area contributed by atoms with Crippen LogP contribution in [0.25, 0.3) is 0 Å². The summed E-state index contributed by atoms with van der Waals surface area (Å²) in [5, 5.41) is 9.67. The zero-order chi connectivity index (χ0) is 7.42. The average molecular weight is 152 g/mol. The summed E-state index contributed by atoms with van der Waals surface area (Å²) in [7, 11) is 0. The van der Waals surface area contributed by atoms with Gasteiger partial charge in [0, 0.05) is 0 Å². The molecular formula is C10H16O. The molecule has 11 heavy (non-hydrogen) atoms. The molecule has 5 atom stereocenters. The van der Waals surface area contributed by atoms with Crippen LogP contribution in [-0.4, -0.2) is 11.2 Å².